The number of aromatic nitrogens is 3. The molecule has 0 saturated heterocycles. The molecule has 17 heavy (non-hydrogen) atoms. The molecular formula is C12H15N3OS. The van der Waals surface area contributed by atoms with Crippen LogP contribution in [0.1, 0.15) is 6.92 Å². The first-order valence-corrected chi connectivity index (χ1v) is 5.86. The van der Waals surface area contributed by atoms with Crippen LogP contribution in [-0.4, -0.2) is 28.0 Å². The Morgan fingerprint density at radius 3 is 2.76 bits per heavy atom. The number of rotatable bonds is 4. The Morgan fingerprint density at radius 1 is 1.41 bits per heavy atom. The zero-order valence-corrected chi connectivity index (χ0v) is 10.7. The fourth-order valence-electron chi connectivity index (χ4n) is 1.63. The molecule has 0 aliphatic carbocycles. The number of benzene rings is 1. The van der Waals surface area contributed by atoms with Gasteiger partial charge in [0.2, 0.25) is 0 Å². The van der Waals surface area contributed by atoms with Gasteiger partial charge >= 0.3 is 0 Å². The molecule has 1 unspecified atom stereocenters. The first-order valence-electron chi connectivity index (χ1n) is 5.46. The van der Waals surface area contributed by atoms with E-state index in [0.29, 0.717) is 11.3 Å². The summed E-state index contributed by atoms with van der Waals surface area (Å²) in [6.07, 6.45) is 0.0989. The minimum absolute atomic E-state index is 0.0989. The van der Waals surface area contributed by atoms with Crippen LogP contribution in [0.3, 0.4) is 0 Å². The number of nitrogens with one attached hydrogen (secondary N) is 1. The lowest BCUT2D eigenvalue weighted by Crippen LogP contribution is -2.15. The minimum atomic E-state index is 0.0989. The van der Waals surface area contributed by atoms with E-state index in [0.717, 1.165) is 11.4 Å². The van der Waals surface area contributed by atoms with Crippen LogP contribution in [0, 0.1) is 4.77 Å². The summed E-state index contributed by atoms with van der Waals surface area (Å²) in [5.74, 6) is 0.847. The number of hydrogen-bond acceptors (Lipinski definition) is 3. The van der Waals surface area contributed by atoms with Crippen LogP contribution < -0.4 is 0 Å². The van der Waals surface area contributed by atoms with Crippen LogP contribution in [-0.2, 0) is 11.3 Å². The molecule has 0 saturated carbocycles. The highest BCUT2D eigenvalue weighted by atomic mass is 32.1. The van der Waals surface area contributed by atoms with Gasteiger partial charge in [0.15, 0.2) is 10.6 Å². The van der Waals surface area contributed by atoms with Gasteiger partial charge in [0.25, 0.3) is 0 Å². The van der Waals surface area contributed by atoms with Crippen molar-refractivity contribution >= 4 is 12.2 Å². The van der Waals surface area contributed by atoms with E-state index in [1.807, 2.05) is 41.8 Å². The maximum atomic E-state index is 5.26. The summed E-state index contributed by atoms with van der Waals surface area (Å²) >= 11 is 5.23. The molecule has 4 nitrogen and oxygen atoms in total. The molecule has 0 spiro atoms. The highest BCUT2D eigenvalue weighted by Gasteiger charge is 2.10. The van der Waals surface area contributed by atoms with Crippen LogP contribution >= 0.6 is 12.2 Å². The van der Waals surface area contributed by atoms with Crippen LogP contribution in [0.15, 0.2) is 30.3 Å². The molecule has 5 heteroatoms. The summed E-state index contributed by atoms with van der Waals surface area (Å²) in [4.78, 5) is 0. The first kappa shape index (κ1) is 12.0. The molecule has 2 aromatic rings. The Labute approximate surface area is 105 Å². The molecule has 1 atom stereocenters. The zero-order chi connectivity index (χ0) is 12.3. The van der Waals surface area contributed by atoms with E-state index in [1.54, 1.807) is 7.11 Å². The van der Waals surface area contributed by atoms with Gasteiger partial charge in [-0.1, -0.05) is 30.3 Å². The fourth-order valence-corrected chi connectivity index (χ4v) is 1.83. The number of hydrogen-bond donors (Lipinski definition) is 1. The quantitative estimate of drug-likeness (QED) is 0.847. The zero-order valence-electron chi connectivity index (χ0n) is 9.88. The molecule has 0 aliphatic rings. The molecule has 0 fully saturated rings. The Bertz CT molecular complexity index is 532. The SMILES string of the molecule is COC(C)Cn1c(-c2ccccc2)n[nH]c1=S. The Morgan fingerprint density at radius 2 is 2.12 bits per heavy atom. The molecule has 1 N–H and O–H groups in total. The third-order valence-electron chi connectivity index (χ3n) is 2.63. The Kier molecular flexibility index (Phi) is 3.71. The molecule has 1 aromatic heterocycles. The van der Waals surface area contributed by atoms with Gasteiger partial charge < -0.3 is 4.74 Å². The van der Waals surface area contributed by atoms with Crippen molar-refractivity contribution in [3.05, 3.63) is 35.1 Å². The number of methoxy groups -OCH3 is 1. The summed E-state index contributed by atoms with van der Waals surface area (Å²) in [7, 11) is 1.69. The summed E-state index contributed by atoms with van der Waals surface area (Å²) in [6, 6.07) is 9.97. The lowest BCUT2D eigenvalue weighted by atomic mass is 10.2. The van der Waals surface area contributed by atoms with E-state index >= 15 is 0 Å². The van der Waals surface area contributed by atoms with Gasteiger partial charge in [0, 0.05) is 12.7 Å². The minimum Gasteiger partial charge on any atom is -0.380 e. The van der Waals surface area contributed by atoms with E-state index < -0.39 is 0 Å². The lowest BCUT2D eigenvalue weighted by Gasteiger charge is -2.12. The second-order valence-corrected chi connectivity index (χ2v) is 4.26. The normalized spacial score (nSPS) is 12.6. The van der Waals surface area contributed by atoms with E-state index in [1.165, 1.54) is 0 Å². The van der Waals surface area contributed by atoms with Gasteiger partial charge in [0.1, 0.15) is 0 Å². The molecular weight excluding hydrogens is 234 g/mol. The monoisotopic (exact) mass is 249 g/mol. The van der Waals surface area contributed by atoms with E-state index in [4.69, 9.17) is 17.0 Å². The van der Waals surface area contributed by atoms with Gasteiger partial charge in [-0.3, -0.25) is 9.67 Å². The molecule has 0 bridgehead atoms. The molecule has 0 aliphatic heterocycles. The van der Waals surface area contributed by atoms with E-state index in [-0.39, 0.29) is 6.10 Å². The summed E-state index contributed by atoms with van der Waals surface area (Å²) in [5, 5.41) is 7.09. The van der Waals surface area contributed by atoms with Crippen molar-refractivity contribution in [3.8, 4) is 11.4 Å². The molecule has 1 aromatic carbocycles. The second-order valence-electron chi connectivity index (χ2n) is 3.88. The van der Waals surface area contributed by atoms with Gasteiger partial charge in [0.05, 0.1) is 12.6 Å². The summed E-state index contributed by atoms with van der Waals surface area (Å²) < 4.78 is 7.84. The summed E-state index contributed by atoms with van der Waals surface area (Å²) in [5.41, 5.74) is 1.04. The number of ether oxygens (including phenoxy) is 1. The average molecular weight is 249 g/mol. The van der Waals surface area contributed by atoms with Gasteiger partial charge in [-0.15, -0.1) is 0 Å². The van der Waals surface area contributed by atoms with Gasteiger partial charge in [-0.2, -0.15) is 5.10 Å². The largest absolute Gasteiger partial charge is 0.380 e. The highest BCUT2D eigenvalue weighted by Crippen LogP contribution is 2.17. The average Bonchev–Trinajstić information content (AvgIpc) is 2.72. The van der Waals surface area contributed by atoms with Crippen molar-refractivity contribution < 1.29 is 4.74 Å². The van der Waals surface area contributed by atoms with E-state index in [9.17, 15) is 0 Å². The van der Waals surface area contributed by atoms with Crippen molar-refractivity contribution in [1.29, 1.82) is 0 Å². The third-order valence-corrected chi connectivity index (χ3v) is 2.94. The third kappa shape index (κ3) is 2.62. The van der Waals surface area contributed by atoms with Crippen molar-refractivity contribution in [2.75, 3.05) is 7.11 Å². The van der Waals surface area contributed by atoms with Gasteiger partial charge in [-0.25, -0.2) is 0 Å². The molecule has 1 heterocycles. The number of H-pyrrole nitrogens is 1. The van der Waals surface area contributed by atoms with Crippen molar-refractivity contribution in [3.63, 3.8) is 0 Å². The molecule has 90 valence electrons. The maximum absolute atomic E-state index is 5.26. The first-order chi connectivity index (χ1) is 8.22. The maximum Gasteiger partial charge on any atom is 0.195 e. The van der Waals surface area contributed by atoms with Crippen molar-refractivity contribution in [2.24, 2.45) is 0 Å². The molecule has 0 amide bonds. The number of nitrogens with zero attached hydrogens (tertiary/aromatic N) is 2. The standard InChI is InChI=1S/C12H15N3OS/c1-9(16-2)8-15-11(13-14-12(15)17)10-6-4-3-5-7-10/h3-7,9H,8H2,1-2H3,(H,14,17). The molecule has 2 rings (SSSR count). The van der Waals surface area contributed by atoms with Crippen molar-refractivity contribution in [2.45, 2.75) is 19.6 Å². The van der Waals surface area contributed by atoms with Crippen LogP contribution in [0.25, 0.3) is 11.4 Å². The second kappa shape index (κ2) is 5.25. The van der Waals surface area contributed by atoms with Crippen molar-refractivity contribution in [1.82, 2.24) is 14.8 Å². The lowest BCUT2D eigenvalue weighted by molar-refractivity contribution is 0.103. The van der Waals surface area contributed by atoms with Crippen LogP contribution in [0.4, 0.5) is 0 Å². The Balaban J connectivity index is 2.39. The van der Waals surface area contributed by atoms with Crippen LogP contribution in [0.2, 0.25) is 0 Å². The Hall–Kier alpha value is -1.46. The predicted molar refractivity (Wildman–Crippen MR) is 69.3 cm³/mol. The topological polar surface area (TPSA) is 42.8 Å². The number of aromatic amines is 1. The van der Waals surface area contributed by atoms with E-state index in [2.05, 4.69) is 10.2 Å². The highest BCUT2D eigenvalue weighted by molar-refractivity contribution is 7.71. The van der Waals surface area contributed by atoms with Crippen LogP contribution in [0.5, 0.6) is 0 Å². The summed E-state index contributed by atoms with van der Waals surface area (Å²) in [6.45, 7) is 2.69. The fraction of sp³-hybridized carbons (Fsp3) is 0.333. The van der Waals surface area contributed by atoms with Gasteiger partial charge in [-0.05, 0) is 19.1 Å². The molecule has 0 radical (unpaired) electrons. The predicted octanol–water partition coefficient (Wildman–Crippen LogP) is 2.64. The smallest absolute Gasteiger partial charge is 0.195 e.